The summed E-state index contributed by atoms with van der Waals surface area (Å²) in [5.74, 6) is -4.57. The van der Waals surface area contributed by atoms with Gasteiger partial charge in [-0.3, -0.25) is 19.6 Å². The number of halogens is 2. The molecule has 42 heavy (non-hydrogen) atoms. The van der Waals surface area contributed by atoms with Crippen LogP contribution in [0.15, 0.2) is 71.9 Å². The molecule has 3 heterocycles. The summed E-state index contributed by atoms with van der Waals surface area (Å²) in [6.45, 7) is 2.80. The molecule has 4 N–H and O–H groups in total. The second kappa shape index (κ2) is 13.3. The molecule has 0 saturated heterocycles. The molecule has 0 unspecified atom stereocenters. The number of amides is 2. The van der Waals surface area contributed by atoms with Crippen LogP contribution in [0.1, 0.15) is 52.6 Å². The molecule has 0 saturated carbocycles. The zero-order valence-corrected chi connectivity index (χ0v) is 23.3. The molecule has 1 aliphatic heterocycles. The van der Waals surface area contributed by atoms with Crippen molar-refractivity contribution in [2.75, 3.05) is 18.8 Å². The second-order valence-corrected chi connectivity index (χ2v) is 9.90. The number of nitrogens with two attached hydrogens (primary N) is 1. The molecular formula is C30H32F2N6O4. The topological polar surface area (TPSA) is 140 Å². The summed E-state index contributed by atoms with van der Waals surface area (Å²) in [5, 5.41) is 3.90. The standard InChI is InChI=1S/C30H32F2N6O4/c1-19-11-13-38(36-18-30(31,32)25-10-6-7-12-34-25)28(40)22(19)15-27(39)35-16-23-20(2)14-26(33)37-24(23)17-42-29(41)21-8-4-3-5-9-21/h3-10,12,14,36H,11,13,15-18H2,1-2H3,(H2,33,37)(H,35,39). The number of benzene rings is 1. The van der Waals surface area contributed by atoms with E-state index in [1.807, 2.05) is 0 Å². The Kier molecular flexibility index (Phi) is 9.58. The van der Waals surface area contributed by atoms with Gasteiger partial charge in [0.05, 0.1) is 24.2 Å². The molecule has 0 radical (unpaired) electrons. The van der Waals surface area contributed by atoms with Crippen LogP contribution in [0.25, 0.3) is 0 Å². The predicted molar refractivity (Wildman–Crippen MR) is 151 cm³/mol. The maximum Gasteiger partial charge on any atom is 0.338 e. The number of anilines is 1. The lowest BCUT2D eigenvalue weighted by Crippen LogP contribution is -2.50. The van der Waals surface area contributed by atoms with Gasteiger partial charge in [-0.2, -0.15) is 8.78 Å². The van der Waals surface area contributed by atoms with E-state index in [-0.39, 0.29) is 37.5 Å². The minimum Gasteiger partial charge on any atom is -0.456 e. The monoisotopic (exact) mass is 578 g/mol. The van der Waals surface area contributed by atoms with Gasteiger partial charge < -0.3 is 15.8 Å². The lowest BCUT2D eigenvalue weighted by atomic mass is 9.98. The average Bonchev–Trinajstić information content (AvgIpc) is 2.98. The van der Waals surface area contributed by atoms with Crippen LogP contribution in [-0.4, -0.2) is 45.9 Å². The summed E-state index contributed by atoms with van der Waals surface area (Å²) >= 11 is 0. The van der Waals surface area contributed by atoms with Crippen molar-refractivity contribution in [3.05, 3.63) is 100 Å². The van der Waals surface area contributed by atoms with E-state index in [1.165, 1.54) is 18.3 Å². The SMILES string of the molecule is CC1=C(CC(=O)NCc2c(C)cc(N)nc2COC(=O)c2ccccc2)C(=O)N(NCC(F)(F)c2ccccn2)CC1. The van der Waals surface area contributed by atoms with Crippen LogP contribution >= 0.6 is 0 Å². The van der Waals surface area contributed by atoms with E-state index in [9.17, 15) is 23.2 Å². The molecule has 0 aliphatic carbocycles. The Morgan fingerprint density at radius 2 is 1.86 bits per heavy atom. The summed E-state index contributed by atoms with van der Waals surface area (Å²) in [6.07, 6.45) is 1.47. The number of ether oxygens (including phenoxy) is 1. The van der Waals surface area contributed by atoms with Crippen LogP contribution in [-0.2, 0) is 33.4 Å². The molecule has 0 fully saturated rings. The molecule has 12 heteroatoms. The molecule has 2 aromatic heterocycles. The zero-order valence-electron chi connectivity index (χ0n) is 23.3. The number of carbonyl (C=O) groups is 3. The smallest absolute Gasteiger partial charge is 0.338 e. The molecule has 1 aromatic carbocycles. The van der Waals surface area contributed by atoms with Gasteiger partial charge in [0.1, 0.15) is 18.1 Å². The van der Waals surface area contributed by atoms with Crippen LogP contribution in [0.2, 0.25) is 0 Å². The highest BCUT2D eigenvalue weighted by molar-refractivity contribution is 5.99. The van der Waals surface area contributed by atoms with Gasteiger partial charge in [0.15, 0.2) is 0 Å². The lowest BCUT2D eigenvalue weighted by molar-refractivity contribution is -0.134. The average molecular weight is 579 g/mol. The fraction of sp³-hybridized carbons (Fsp3) is 0.300. The molecular weight excluding hydrogens is 546 g/mol. The van der Waals surface area contributed by atoms with Gasteiger partial charge in [-0.25, -0.2) is 15.2 Å². The third-order valence-corrected chi connectivity index (χ3v) is 6.86. The number of nitrogen functional groups attached to an aromatic ring is 1. The van der Waals surface area contributed by atoms with Crippen molar-refractivity contribution in [2.45, 2.75) is 45.8 Å². The van der Waals surface area contributed by atoms with Gasteiger partial charge >= 0.3 is 11.9 Å². The number of carbonyl (C=O) groups excluding carboxylic acids is 3. The number of esters is 1. The van der Waals surface area contributed by atoms with Crippen LogP contribution < -0.4 is 16.5 Å². The van der Waals surface area contributed by atoms with E-state index in [2.05, 4.69) is 20.7 Å². The van der Waals surface area contributed by atoms with Crippen molar-refractivity contribution < 1.29 is 27.9 Å². The molecule has 220 valence electrons. The molecule has 0 atom stereocenters. The predicted octanol–water partition coefficient (Wildman–Crippen LogP) is 3.58. The number of rotatable bonds is 11. The number of hydrazine groups is 1. The van der Waals surface area contributed by atoms with E-state index in [0.717, 1.165) is 10.6 Å². The molecule has 4 rings (SSSR count). The van der Waals surface area contributed by atoms with E-state index in [0.29, 0.717) is 28.8 Å². The van der Waals surface area contributed by atoms with Gasteiger partial charge in [-0.15, -0.1) is 0 Å². The first-order chi connectivity index (χ1) is 20.0. The third-order valence-electron chi connectivity index (χ3n) is 6.86. The Bertz CT molecular complexity index is 1480. The maximum absolute atomic E-state index is 14.6. The van der Waals surface area contributed by atoms with E-state index in [4.69, 9.17) is 10.5 Å². The first-order valence-electron chi connectivity index (χ1n) is 13.3. The Labute approximate surface area is 241 Å². The van der Waals surface area contributed by atoms with Gasteiger partial charge in [-0.05, 0) is 61.7 Å². The number of hydrogen-bond acceptors (Lipinski definition) is 8. The normalized spacial score (nSPS) is 13.7. The molecule has 3 aromatic rings. The fourth-order valence-corrected chi connectivity index (χ4v) is 4.47. The number of nitrogens with one attached hydrogen (secondary N) is 2. The van der Waals surface area contributed by atoms with Gasteiger partial charge in [0.25, 0.3) is 5.91 Å². The fourth-order valence-electron chi connectivity index (χ4n) is 4.47. The minimum atomic E-state index is -3.30. The highest BCUT2D eigenvalue weighted by atomic mass is 19.3. The van der Waals surface area contributed by atoms with E-state index < -0.39 is 35.9 Å². The largest absolute Gasteiger partial charge is 0.456 e. The summed E-state index contributed by atoms with van der Waals surface area (Å²) in [7, 11) is 0. The minimum absolute atomic E-state index is 0.0505. The van der Waals surface area contributed by atoms with Crippen molar-refractivity contribution in [1.29, 1.82) is 0 Å². The van der Waals surface area contributed by atoms with Crippen molar-refractivity contribution in [2.24, 2.45) is 0 Å². The summed E-state index contributed by atoms with van der Waals surface area (Å²) in [6, 6.07) is 14.4. The van der Waals surface area contributed by atoms with Crippen LogP contribution in [0.4, 0.5) is 14.6 Å². The van der Waals surface area contributed by atoms with Crippen molar-refractivity contribution in [1.82, 2.24) is 25.7 Å². The summed E-state index contributed by atoms with van der Waals surface area (Å²) < 4.78 is 34.6. The lowest BCUT2D eigenvalue weighted by Gasteiger charge is -2.31. The molecule has 10 nitrogen and oxygen atoms in total. The molecule has 1 aliphatic rings. The Morgan fingerprint density at radius 1 is 1.12 bits per heavy atom. The molecule has 2 amide bonds. The molecule has 0 spiro atoms. The third kappa shape index (κ3) is 7.52. The number of alkyl halides is 2. The first-order valence-corrected chi connectivity index (χ1v) is 13.3. The highest BCUT2D eigenvalue weighted by Gasteiger charge is 2.35. The van der Waals surface area contributed by atoms with Crippen molar-refractivity contribution in [3.63, 3.8) is 0 Å². The number of nitrogens with zero attached hydrogens (tertiary/aromatic N) is 3. The van der Waals surface area contributed by atoms with E-state index >= 15 is 0 Å². The number of aryl methyl sites for hydroxylation is 1. The summed E-state index contributed by atoms with van der Waals surface area (Å²) in [5.41, 5.74) is 11.1. The zero-order chi connectivity index (χ0) is 30.3. The Morgan fingerprint density at radius 3 is 2.57 bits per heavy atom. The first kappa shape index (κ1) is 30.3. The second-order valence-electron chi connectivity index (χ2n) is 9.90. The Balaban J connectivity index is 1.36. The van der Waals surface area contributed by atoms with Gasteiger partial charge in [-0.1, -0.05) is 29.8 Å². The van der Waals surface area contributed by atoms with E-state index in [1.54, 1.807) is 56.3 Å². The van der Waals surface area contributed by atoms with Gasteiger partial charge in [0.2, 0.25) is 5.91 Å². The number of hydrogen-bond donors (Lipinski definition) is 3. The quantitative estimate of drug-likeness (QED) is 0.294. The van der Waals surface area contributed by atoms with Gasteiger partial charge in [0, 0.05) is 24.9 Å². The van der Waals surface area contributed by atoms with Crippen LogP contribution in [0, 0.1) is 6.92 Å². The summed E-state index contributed by atoms with van der Waals surface area (Å²) in [4.78, 5) is 46.4. The number of pyridine rings is 2. The molecule has 0 bridgehead atoms. The van der Waals surface area contributed by atoms with Crippen molar-refractivity contribution in [3.8, 4) is 0 Å². The van der Waals surface area contributed by atoms with Crippen LogP contribution in [0.5, 0.6) is 0 Å². The Hall–Kier alpha value is -4.71. The maximum atomic E-state index is 14.6. The highest BCUT2D eigenvalue weighted by Crippen LogP contribution is 2.26. The van der Waals surface area contributed by atoms with Crippen molar-refractivity contribution >= 4 is 23.6 Å². The van der Waals surface area contributed by atoms with Crippen LogP contribution in [0.3, 0.4) is 0 Å². The number of aromatic nitrogens is 2.